The third kappa shape index (κ3) is 5.42. The molecule has 1 aromatic carbocycles. The number of imidazole rings is 1. The van der Waals surface area contributed by atoms with E-state index in [1.807, 2.05) is 6.20 Å². The summed E-state index contributed by atoms with van der Waals surface area (Å²) in [6, 6.07) is 8.79. The zero-order chi connectivity index (χ0) is 18.4. The van der Waals surface area contributed by atoms with Crippen LogP contribution in [0.25, 0.3) is 0 Å². The molecule has 142 valence electrons. The Labute approximate surface area is 158 Å². The van der Waals surface area contributed by atoms with Gasteiger partial charge in [-0.05, 0) is 69.8 Å². The van der Waals surface area contributed by atoms with E-state index in [4.69, 9.17) is 0 Å². The van der Waals surface area contributed by atoms with Crippen LogP contribution in [-0.2, 0) is 13.0 Å². The maximum absolute atomic E-state index is 4.46. The molecular weight excluding hydrogens is 320 g/mol. The minimum atomic E-state index is 0.820. The number of aromatic nitrogens is 2. The van der Waals surface area contributed by atoms with E-state index in [0.717, 1.165) is 30.5 Å². The maximum atomic E-state index is 4.46. The Balaban J connectivity index is 1.40. The van der Waals surface area contributed by atoms with Crippen LogP contribution in [0.1, 0.15) is 42.4 Å². The first-order chi connectivity index (χ1) is 12.6. The smallest absolute Gasteiger partial charge is 0.120 e. The lowest BCUT2D eigenvalue weighted by atomic mass is 9.95. The molecule has 0 unspecified atom stereocenters. The van der Waals surface area contributed by atoms with Crippen LogP contribution in [0.5, 0.6) is 0 Å². The molecule has 0 aliphatic carbocycles. The van der Waals surface area contributed by atoms with Gasteiger partial charge in [-0.2, -0.15) is 0 Å². The summed E-state index contributed by atoms with van der Waals surface area (Å²) in [5.41, 5.74) is 4.08. The molecule has 1 aliphatic heterocycles. The Morgan fingerprint density at radius 1 is 1.19 bits per heavy atom. The normalized spacial score (nSPS) is 16.5. The average molecular weight is 355 g/mol. The summed E-state index contributed by atoms with van der Waals surface area (Å²) in [7, 11) is 0. The van der Waals surface area contributed by atoms with E-state index < -0.39 is 0 Å². The Hall–Kier alpha value is -1.65. The highest BCUT2D eigenvalue weighted by atomic mass is 15.2. The SMILES string of the molecule is CCN(Cc1ncc(C)[nH]1)CC1CCN(CCc2ccccc2C)CC1. The third-order valence-corrected chi connectivity index (χ3v) is 5.76. The zero-order valence-corrected chi connectivity index (χ0v) is 16.7. The van der Waals surface area contributed by atoms with E-state index in [1.165, 1.54) is 56.6 Å². The van der Waals surface area contributed by atoms with Gasteiger partial charge in [0, 0.05) is 25.0 Å². The summed E-state index contributed by atoms with van der Waals surface area (Å²) in [6.07, 6.45) is 5.75. The molecule has 26 heavy (non-hydrogen) atoms. The molecule has 1 N–H and O–H groups in total. The van der Waals surface area contributed by atoms with Crippen LogP contribution >= 0.6 is 0 Å². The van der Waals surface area contributed by atoms with Gasteiger partial charge in [-0.1, -0.05) is 31.2 Å². The second kappa shape index (κ2) is 9.33. The van der Waals surface area contributed by atoms with Crippen LogP contribution in [-0.4, -0.2) is 52.5 Å². The molecule has 2 aromatic rings. The minimum Gasteiger partial charge on any atom is -0.345 e. The zero-order valence-electron chi connectivity index (χ0n) is 16.7. The lowest BCUT2D eigenvalue weighted by Gasteiger charge is -2.34. The Morgan fingerprint density at radius 2 is 1.96 bits per heavy atom. The highest BCUT2D eigenvalue weighted by molar-refractivity contribution is 5.25. The molecule has 4 heteroatoms. The fraction of sp³-hybridized carbons (Fsp3) is 0.591. The number of H-pyrrole nitrogens is 1. The van der Waals surface area contributed by atoms with Crippen LogP contribution in [0.2, 0.25) is 0 Å². The van der Waals surface area contributed by atoms with Crippen molar-refractivity contribution in [1.82, 2.24) is 19.8 Å². The highest BCUT2D eigenvalue weighted by Crippen LogP contribution is 2.20. The number of aryl methyl sites for hydroxylation is 2. The predicted octanol–water partition coefficient (Wildman–Crippen LogP) is 3.80. The Morgan fingerprint density at radius 3 is 2.62 bits per heavy atom. The molecule has 3 rings (SSSR count). The molecule has 0 amide bonds. The number of aromatic amines is 1. The topological polar surface area (TPSA) is 35.2 Å². The van der Waals surface area contributed by atoms with E-state index in [1.54, 1.807) is 0 Å². The second-order valence-electron chi connectivity index (χ2n) is 7.80. The van der Waals surface area contributed by atoms with Gasteiger partial charge in [-0.15, -0.1) is 0 Å². The second-order valence-corrected chi connectivity index (χ2v) is 7.80. The summed E-state index contributed by atoms with van der Waals surface area (Å²) < 4.78 is 0. The molecule has 0 atom stereocenters. The molecule has 1 aromatic heterocycles. The van der Waals surface area contributed by atoms with Crippen molar-refractivity contribution in [1.29, 1.82) is 0 Å². The summed E-state index contributed by atoms with van der Waals surface area (Å²) in [6.45, 7) is 13.5. The number of likely N-dealkylation sites (tertiary alicyclic amines) is 1. The van der Waals surface area contributed by atoms with Crippen molar-refractivity contribution in [3.63, 3.8) is 0 Å². The monoisotopic (exact) mass is 354 g/mol. The van der Waals surface area contributed by atoms with E-state index in [9.17, 15) is 0 Å². The van der Waals surface area contributed by atoms with Gasteiger partial charge in [0.25, 0.3) is 0 Å². The molecule has 0 radical (unpaired) electrons. The van der Waals surface area contributed by atoms with E-state index in [-0.39, 0.29) is 0 Å². The molecule has 0 saturated carbocycles. The van der Waals surface area contributed by atoms with Gasteiger partial charge in [0.2, 0.25) is 0 Å². The van der Waals surface area contributed by atoms with E-state index in [0.29, 0.717) is 0 Å². The first-order valence-electron chi connectivity index (χ1n) is 10.1. The molecule has 1 aliphatic rings. The first-order valence-corrected chi connectivity index (χ1v) is 10.1. The van der Waals surface area contributed by atoms with E-state index in [2.05, 4.69) is 64.8 Å². The first kappa shape index (κ1) is 19.1. The largest absolute Gasteiger partial charge is 0.345 e. The Bertz CT molecular complexity index is 670. The van der Waals surface area contributed by atoms with Crippen molar-refractivity contribution in [2.24, 2.45) is 5.92 Å². The van der Waals surface area contributed by atoms with Crippen LogP contribution in [0.4, 0.5) is 0 Å². The third-order valence-electron chi connectivity index (χ3n) is 5.76. The van der Waals surface area contributed by atoms with Crippen molar-refractivity contribution in [2.45, 2.75) is 46.6 Å². The number of benzene rings is 1. The molecule has 0 spiro atoms. The van der Waals surface area contributed by atoms with Gasteiger partial charge in [0.05, 0.1) is 6.54 Å². The number of piperidine rings is 1. The van der Waals surface area contributed by atoms with Gasteiger partial charge < -0.3 is 9.88 Å². The lowest BCUT2D eigenvalue weighted by molar-refractivity contribution is 0.142. The lowest BCUT2D eigenvalue weighted by Crippen LogP contribution is -2.39. The standard InChI is InChI=1S/C22H34N4/c1-4-25(17-22-23-15-19(3)24-22)16-20-9-12-26(13-10-20)14-11-21-8-6-5-7-18(21)2/h5-8,15,20H,4,9-14,16-17H2,1-3H3,(H,23,24). The van der Waals surface area contributed by atoms with Crippen molar-refractivity contribution < 1.29 is 0 Å². The van der Waals surface area contributed by atoms with Crippen molar-refractivity contribution in [3.8, 4) is 0 Å². The Kier molecular flexibility index (Phi) is 6.86. The fourth-order valence-corrected chi connectivity index (χ4v) is 3.99. The molecular formula is C22H34N4. The number of nitrogens with one attached hydrogen (secondary N) is 1. The maximum Gasteiger partial charge on any atom is 0.120 e. The van der Waals surface area contributed by atoms with Gasteiger partial charge in [-0.25, -0.2) is 4.98 Å². The molecule has 2 heterocycles. The highest BCUT2D eigenvalue weighted by Gasteiger charge is 2.21. The molecule has 4 nitrogen and oxygen atoms in total. The predicted molar refractivity (Wildman–Crippen MR) is 108 cm³/mol. The van der Waals surface area contributed by atoms with Crippen molar-refractivity contribution >= 4 is 0 Å². The average Bonchev–Trinajstić information content (AvgIpc) is 3.06. The summed E-state index contributed by atoms with van der Waals surface area (Å²) in [5.74, 6) is 1.92. The molecule has 1 saturated heterocycles. The van der Waals surface area contributed by atoms with Crippen LogP contribution in [0.15, 0.2) is 30.5 Å². The van der Waals surface area contributed by atoms with Crippen LogP contribution < -0.4 is 0 Å². The van der Waals surface area contributed by atoms with Crippen LogP contribution in [0, 0.1) is 19.8 Å². The van der Waals surface area contributed by atoms with Gasteiger partial charge in [-0.3, -0.25) is 4.90 Å². The fourth-order valence-electron chi connectivity index (χ4n) is 3.99. The number of hydrogen-bond acceptors (Lipinski definition) is 3. The molecule has 0 bridgehead atoms. The minimum absolute atomic E-state index is 0.820. The van der Waals surface area contributed by atoms with Crippen molar-refractivity contribution in [2.75, 3.05) is 32.7 Å². The van der Waals surface area contributed by atoms with E-state index >= 15 is 0 Å². The quantitative estimate of drug-likeness (QED) is 0.783. The number of hydrogen-bond donors (Lipinski definition) is 1. The van der Waals surface area contributed by atoms with Gasteiger partial charge in [0.1, 0.15) is 5.82 Å². The van der Waals surface area contributed by atoms with Gasteiger partial charge in [0.15, 0.2) is 0 Å². The summed E-state index contributed by atoms with van der Waals surface area (Å²) in [5, 5.41) is 0. The molecule has 1 fully saturated rings. The number of nitrogens with zero attached hydrogens (tertiary/aromatic N) is 3. The summed E-state index contributed by atoms with van der Waals surface area (Å²) >= 11 is 0. The number of rotatable bonds is 8. The van der Waals surface area contributed by atoms with Crippen molar-refractivity contribution in [3.05, 3.63) is 53.1 Å². The summed E-state index contributed by atoms with van der Waals surface area (Å²) in [4.78, 5) is 13.0. The van der Waals surface area contributed by atoms with Gasteiger partial charge >= 0.3 is 0 Å². The van der Waals surface area contributed by atoms with Crippen LogP contribution in [0.3, 0.4) is 0 Å².